The van der Waals surface area contributed by atoms with Crippen molar-refractivity contribution in [3.63, 3.8) is 0 Å². The monoisotopic (exact) mass is 308 g/mol. The van der Waals surface area contributed by atoms with Crippen LogP contribution in [0.1, 0.15) is 10.5 Å². The number of benzene rings is 1. The SMILES string of the molecule is Cn1nc(C(=O)O)c2cc(-c3ccn4nc(N)nc4c3)ccc21. The number of nitrogens with zero attached hydrogens (tertiary/aromatic N) is 5. The molecule has 3 aromatic heterocycles. The molecule has 0 aliphatic rings. The Morgan fingerprint density at radius 2 is 1.96 bits per heavy atom. The Balaban J connectivity index is 1.93. The third kappa shape index (κ3) is 2.00. The molecule has 4 aromatic rings. The average Bonchev–Trinajstić information content (AvgIpc) is 3.05. The third-order valence-electron chi connectivity index (χ3n) is 3.74. The lowest BCUT2D eigenvalue weighted by molar-refractivity contribution is 0.0691. The first-order valence-corrected chi connectivity index (χ1v) is 6.85. The number of anilines is 1. The predicted octanol–water partition coefficient (Wildman–Crippen LogP) is 1.56. The predicted molar refractivity (Wildman–Crippen MR) is 84.1 cm³/mol. The van der Waals surface area contributed by atoms with Crippen molar-refractivity contribution in [2.75, 3.05) is 5.73 Å². The van der Waals surface area contributed by atoms with E-state index in [0.717, 1.165) is 16.6 Å². The number of nitrogens with two attached hydrogens (primary N) is 1. The van der Waals surface area contributed by atoms with Gasteiger partial charge in [0.25, 0.3) is 0 Å². The number of carboxylic acids is 1. The van der Waals surface area contributed by atoms with E-state index in [0.29, 0.717) is 11.0 Å². The van der Waals surface area contributed by atoms with Crippen LogP contribution in [0, 0.1) is 0 Å². The number of fused-ring (bicyclic) bond motifs is 2. The van der Waals surface area contributed by atoms with Crippen molar-refractivity contribution in [3.05, 3.63) is 42.2 Å². The molecule has 0 saturated heterocycles. The number of aromatic nitrogens is 5. The minimum atomic E-state index is -1.05. The highest BCUT2D eigenvalue weighted by molar-refractivity contribution is 6.02. The van der Waals surface area contributed by atoms with Gasteiger partial charge in [0.05, 0.1) is 5.52 Å². The Hall–Kier alpha value is -3.42. The van der Waals surface area contributed by atoms with Crippen molar-refractivity contribution >= 4 is 28.5 Å². The van der Waals surface area contributed by atoms with Gasteiger partial charge in [-0.15, -0.1) is 5.10 Å². The summed E-state index contributed by atoms with van der Waals surface area (Å²) in [5.74, 6) is -0.841. The molecule has 0 unspecified atom stereocenters. The number of nitrogen functional groups attached to an aromatic ring is 1. The molecule has 0 atom stereocenters. The number of carbonyl (C=O) groups is 1. The minimum absolute atomic E-state index is 0.0390. The van der Waals surface area contributed by atoms with E-state index in [4.69, 9.17) is 5.73 Å². The van der Waals surface area contributed by atoms with E-state index >= 15 is 0 Å². The second-order valence-corrected chi connectivity index (χ2v) is 5.20. The van der Waals surface area contributed by atoms with Gasteiger partial charge < -0.3 is 10.8 Å². The van der Waals surface area contributed by atoms with Crippen LogP contribution in [0.25, 0.3) is 27.7 Å². The van der Waals surface area contributed by atoms with Crippen LogP contribution in [-0.4, -0.2) is 35.5 Å². The van der Waals surface area contributed by atoms with Crippen LogP contribution in [0.3, 0.4) is 0 Å². The lowest BCUT2D eigenvalue weighted by Crippen LogP contribution is -1.99. The van der Waals surface area contributed by atoms with E-state index in [1.54, 1.807) is 22.4 Å². The molecule has 0 spiro atoms. The second-order valence-electron chi connectivity index (χ2n) is 5.20. The molecule has 0 saturated carbocycles. The minimum Gasteiger partial charge on any atom is -0.476 e. The molecule has 8 nitrogen and oxygen atoms in total. The highest BCUT2D eigenvalue weighted by atomic mass is 16.4. The molecule has 0 bridgehead atoms. The number of rotatable bonds is 2. The maximum atomic E-state index is 11.3. The van der Waals surface area contributed by atoms with Gasteiger partial charge in [-0.1, -0.05) is 6.07 Å². The van der Waals surface area contributed by atoms with Crippen molar-refractivity contribution in [2.24, 2.45) is 7.05 Å². The maximum Gasteiger partial charge on any atom is 0.357 e. The van der Waals surface area contributed by atoms with Gasteiger partial charge in [-0.2, -0.15) is 10.1 Å². The largest absolute Gasteiger partial charge is 0.476 e. The zero-order chi connectivity index (χ0) is 16.1. The third-order valence-corrected chi connectivity index (χ3v) is 3.74. The summed E-state index contributed by atoms with van der Waals surface area (Å²) in [5.41, 5.74) is 8.79. The molecule has 23 heavy (non-hydrogen) atoms. The highest BCUT2D eigenvalue weighted by Crippen LogP contribution is 2.27. The molecule has 8 heteroatoms. The summed E-state index contributed by atoms with van der Waals surface area (Å²) < 4.78 is 3.15. The quantitative estimate of drug-likeness (QED) is 0.581. The second kappa shape index (κ2) is 4.54. The highest BCUT2D eigenvalue weighted by Gasteiger charge is 2.15. The molecule has 0 radical (unpaired) electrons. The lowest BCUT2D eigenvalue weighted by Gasteiger charge is -2.03. The molecule has 0 amide bonds. The van der Waals surface area contributed by atoms with Gasteiger partial charge >= 0.3 is 5.97 Å². The summed E-state index contributed by atoms with van der Waals surface area (Å²) >= 11 is 0. The molecular formula is C15H12N6O2. The zero-order valence-corrected chi connectivity index (χ0v) is 12.1. The van der Waals surface area contributed by atoms with Gasteiger partial charge in [-0.25, -0.2) is 9.31 Å². The number of carboxylic acid groups (broad SMARTS) is 1. The summed E-state index contributed by atoms with van der Waals surface area (Å²) in [7, 11) is 1.72. The lowest BCUT2D eigenvalue weighted by atomic mass is 10.0. The van der Waals surface area contributed by atoms with E-state index in [1.165, 1.54) is 0 Å². The van der Waals surface area contributed by atoms with Crippen LogP contribution in [0.4, 0.5) is 5.95 Å². The van der Waals surface area contributed by atoms with Crippen LogP contribution in [0.5, 0.6) is 0 Å². The zero-order valence-electron chi connectivity index (χ0n) is 12.1. The van der Waals surface area contributed by atoms with Crippen LogP contribution in [-0.2, 0) is 7.05 Å². The molecule has 0 fully saturated rings. The van der Waals surface area contributed by atoms with Crippen LogP contribution < -0.4 is 5.73 Å². The van der Waals surface area contributed by atoms with Gasteiger partial charge in [-0.3, -0.25) is 4.68 Å². The fourth-order valence-corrected chi connectivity index (χ4v) is 2.68. The van der Waals surface area contributed by atoms with Gasteiger partial charge in [0.2, 0.25) is 5.95 Å². The first kappa shape index (κ1) is 13.3. The van der Waals surface area contributed by atoms with Gasteiger partial charge in [0, 0.05) is 18.6 Å². The maximum absolute atomic E-state index is 11.3. The van der Waals surface area contributed by atoms with Crippen LogP contribution in [0.15, 0.2) is 36.5 Å². The van der Waals surface area contributed by atoms with Crippen molar-refractivity contribution < 1.29 is 9.90 Å². The molecule has 3 N–H and O–H groups in total. The van der Waals surface area contributed by atoms with Crippen molar-refractivity contribution in [2.45, 2.75) is 0 Å². The Kier molecular flexibility index (Phi) is 2.61. The van der Waals surface area contributed by atoms with E-state index in [1.807, 2.05) is 30.3 Å². The van der Waals surface area contributed by atoms with E-state index in [2.05, 4.69) is 15.2 Å². The summed E-state index contributed by atoms with van der Waals surface area (Å²) in [6.45, 7) is 0. The van der Waals surface area contributed by atoms with Gasteiger partial charge in [-0.05, 0) is 35.4 Å². The van der Waals surface area contributed by atoms with E-state index in [9.17, 15) is 9.90 Å². The Morgan fingerprint density at radius 3 is 2.74 bits per heavy atom. The average molecular weight is 308 g/mol. The Bertz CT molecular complexity index is 1080. The van der Waals surface area contributed by atoms with Crippen molar-refractivity contribution in [1.82, 2.24) is 24.4 Å². The van der Waals surface area contributed by atoms with Crippen molar-refractivity contribution in [1.29, 1.82) is 0 Å². The van der Waals surface area contributed by atoms with Crippen LogP contribution in [0.2, 0.25) is 0 Å². The molecule has 3 heterocycles. The Morgan fingerprint density at radius 1 is 1.17 bits per heavy atom. The molecule has 0 aliphatic heterocycles. The van der Waals surface area contributed by atoms with Crippen molar-refractivity contribution in [3.8, 4) is 11.1 Å². The van der Waals surface area contributed by atoms with E-state index < -0.39 is 5.97 Å². The summed E-state index contributed by atoms with van der Waals surface area (Å²) in [5, 5.41) is 18.0. The van der Waals surface area contributed by atoms with Crippen LogP contribution >= 0.6 is 0 Å². The molecule has 4 rings (SSSR count). The normalized spacial score (nSPS) is 11.3. The number of aromatic carboxylic acids is 1. The fourth-order valence-electron chi connectivity index (χ4n) is 2.68. The smallest absolute Gasteiger partial charge is 0.357 e. The molecule has 1 aromatic carbocycles. The van der Waals surface area contributed by atoms with Gasteiger partial charge in [0.15, 0.2) is 11.3 Å². The number of hydrogen-bond acceptors (Lipinski definition) is 5. The number of aryl methyl sites for hydroxylation is 1. The fraction of sp³-hybridized carbons (Fsp3) is 0.0667. The van der Waals surface area contributed by atoms with Gasteiger partial charge in [0.1, 0.15) is 0 Å². The molecule has 114 valence electrons. The summed E-state index contributed by atoms with van der Waals surface area (Å²) in [6.07, 6.45) is 1.76. The first-order valence-electron chi connectivity index (χ1n) is 6.85. The Labute approximate surface area is 129 Å². The summed E-state index contributed by atoms with van der Waals surface area (Å²) in [4.78, 5) is 15.5. The van der Waals surface area contributed by atoms with E-state index in [-0.39, 0.29) is 11.6 Å². The molecule has 0 aliphatic carbocycles. The number of hydrogen-bond donors (Lipinski definition) is 2. The molecular weight excluding hydrogens is 296 g/mol. The first-order chi connectivity index (χ1) is 11.0. The topological polar surface area (TPSA) is 111 Å². The number of pyridine rings is 1. The summed E-state index contributed by atoms with van der Waals surface area (Å²) in [6, 6.07) is 9.31. The standard InChI is InChI=1S/C15H12N6O2/c1-20-11-3-2-8(6-10(11)13(18-20)14(22)23)9-4-5-21-12(7-9)17-15(16)19-21/h2-7H,1H3,(H2,16,19)(H,22,23).